The first-order chi connectivity index (χ1) is 11.3. The van der Waals surface area contributed by atoms with Gasteiger partial charge < -0.3 is 37.2 Å². The smallest absolute Gasteiger partial charge is 1.00 e. The second kappa shape index (κ2) is 14.5. The zero-order chi connectivity index (χ0) is 16.1. The minimum atomic E-state index is -1.64. The van der Waals surface area contributed by atoms with Crippen molar-refractivity contribution in [3.8, 4) is 0 Å². The van der Waals surface area contributed by atoms with Gasteiger partial charge in [-0.1, -0.05) is 106 Å². The molecule has 5 heteroatoms. The maximum atomic E-state index is 3.71. The van der Waals surface area contributed by atoms with E-state index in [4.69, 9.17) is 0 Å². The minimum absolute atomic E-state index is 0. The fraction of sp³-hybridized carbons (Fsp3) is 0.545. The summed E-state index contributed by atoms with van der Waals surface area (Å²) >= 11 is 0. The van der Waals surface area contributed by atoms with Gasteiger partial charge in [-0.3, -0.25) is 6.08 Å². The summed E-state index contributed by atoms with van der Waals surface area (Å²) in [7, 11) is -1.64. The number of halogens is 3. The van der Waals surface area contributed by atoms with Gasteiger partial charge in [-0.2, -0.15) is 11.3 Å². The molecule has 0 radical (unpaired) electrons. The first-order valence-corrected chi connectivity index (χ1v) is 12.2. The normalized spacial score (nSPS) is 18.4. The molecule has 2 aliphatic rings. The molecule has 0 N–H and O–H groups in total. The fourth-order valence-corrected chi connectivity index (χ4v) is 9.71. The fourth-order valence-electron chi connectivity index (χ4n) is 4.67. The standard InChI is InChI=1S/C22H31Si.3ClH.Ti/c1-3-4-12-19-13-11-18-22(19)23(2,20-14-7-5-8-15-20)21-16-9-6-10-17-21;;;;/h5,7-8,14-15,18,21H,3-4,6,9-12,16-17H2,1-2H3;3*1H;/q-1;;;;+4/p-3. The second-order valence-electron chi connectivity index (χ2n) is 7.48. The van der Waals surface area contributed by atoms with Crippen LogP contribution >= 0.6 is 0 Å². The quantitative estimate of drug-likeness (QED) is 0.305. The second-order valence-corrected chi connectivity index (χ2v) is 11.8. The molecule has 1 unspecified atom stereocenters. The monoisotopic (exact) mass is 476 g/mol. The molecular formula is C22H31Cl3SiTi. The van der Waals surface area contributed by atoms with Crippen molar-refractivity contribution < 1.29 is 58.9 Å². The third kappa shape index (κ3) is 6.76. The summed E-state index contributed by atoms with van der Waals surface area (Å²) in [5.74, 6) is 0. The molecular weight excluding hydrogens is 447 g/mol. The van der Waals surface area contributed by atoms with Crippen molar-refractivity contribution in [3.63, 3.8) is 0 Å². The van der Waals surface area contributed by atoms with Gasteiger partial charge in [-0.05, 0) is 0 Å². The summed E-state index contributed by atoms with van der Waals surface area (Å²) in [4.78, 5) is 0. The van der Waals surface area contributed by atoms with Gasteiger partial charge in [0.1, 0.15) is 0 Å². The largest absolute Gasteiger partial charge is 4.00 e. The number of hydrogen-bond acceptors (Lipinski definition) is 0. The molecule has 0 saturated heterocycles. The number of rotatable bonds is 6. The third-order valence-corrected chi connectivity index (χ3v) is 11.4. The van der Waals surface area contributed by atoms with Gasteiger partial charge in [0, 0.05) is 8.07 Å². The molecule has 148 valence electrons. The van der Waals surface area contributed by atoms with E-state index in [2.05, 4.69) is 56.0 Å². The molecule has 0 aromatic heterocycles. The van der Waals surface area contributed by atoms with Crippen LogP contribution in [0.5, 0.6) is 0 Å². The number of unbranched alkanes of at least 4 members (excludes halogenated alkanes) is 1. The Hall–Kier alpha value is 0.501. The Labute approximate surface area is 201 Å². The van der Waals surface area contributed by atoms with Crippen LogP contribution in [0.2, 0.25) is 12.1 Å². The van der Waals surface area contributed by atoms with E-state index in [9.17, 15) is 0 Å². The summed E-state index contributed by atoms with van der Waals surface area (Å²) in [6.45, 7) is 4.96. The molecule has 0 aliphatic heterocycles. The van der Waals surface area contributed by atoms with E-state index >= 15 is 0 Å². The molecule has 1 fully saturated rings. The van der Waals surface area contributed by atoms with Gasteiger partial charge in [-0.25, -0.2) is 5.57 Å². The molecule has 0 nitrogen and oxygen atoms in total. The van der Waals surface area contributed by atoms with Crippen LogP contribution < -0.4 is 42.4 Å². The average Bonchev–Trinajstić information content (AvgIpc) is 3.10. The molecule has 1 atom stereocenters. The number of hydrogen-bond donors (Lipinski definition) is 0. The minimum Gasteiger partial charge on any atom is -1.00 e. The van der Waals surface area contributed by atoms with Crippen molar-refractivity contribution in [1.29, 1.82) is 0 Å². The van der Waals surface area contributed by atoms with E-state index in [-0.39, 0.29) is 58.9 Å². The number of benzene rings is 1. The predicted octanol–water partition coefficient (Wildman–Crippen LogP) is -2.89. The Kier molecular flexibility index (Phi) is 15.9. The first kappa shape index (κ1) is 29.7. The molecule has 0 amide bonds. The van der Waals surface area contributed by atoms with E-state index in [1.54, 1.807) is 16.0 Å². The van der Waals surface area contributed by atoms with Crippen molar-refractivity contribution >= 4 is 13.3 Å². The molecule has 3 rings (SSSR count). The SMILES string of the molecule is CCCCC1=[C-]CC=C1[Si](C)(c1ccccc1)C1CCCCC1.[Cl-].[Cl-].[Cl-].[Ti+4]. The molecule has 1 aromatic carbocycles. The predicted molar refractivity (Wildman–Crippen MR) is 104 cm³/mol. The summed E-state index contributed by atoms with van der Waals surface area (Å²) in [6, 6.07) is 11.5. The van der Waals surface area contributed by atoms with Gasteiger partial charge in [0.15, 0.2) is 0 Å². The Bertz CT molecular complexity index is 582. The number of allylic oxidation sites excluding steroid dienone is 4. The van der Waals surface area contributed by atoms with Crippen LogP contribution in [-0.4, -0.2) is 8.07 Å². The van der Waals surface area contributed by atoms with Crippen LogP contribution in [-0.2, 0) is 21.7 Å². The summed E-state index contributed by atoms with van der Waals surface area (Å²) in [6.07, 6.45) is 18.3. The van der Waals surface area contributed by atoms with Crippen molar-refractivity contribution in [1.82, 2.24) is 0 Å². The van der Waals surface area contributed by atoms with Crippen molar-refractivity contribution in [2.45, 2.75) is 76.8 Å². The van der Waals surface area contributed by atoms with Gasteiger partial charge in [0.2, 0.25) is 0 Å². The summed E-state index contributed by atoms with van der Waals surface area (Å²) < 4.78 is 0. The molecule has 1 aromatic rings. The van der Waals surface area contributed by atoms with Gasteiger partial charge >= 0.3 is 21.7 Å². The molecule has 0 heterocycles. The van der Waals surface area contributed by atoms with Crippen LogP contribution in [0.25, 0.3) is 0 Å². The van der Waals surface area contributed by atoms with Crippen LogP contribution in [0.4, 0.5) is 0 Å². The van der Waals surface area contributed by atoms with Crippen LogP contribution in [0.3, 0.4) is 0 Å². The van der Waals surface area contributed by atoms with Crippen molar-refractivity contribution in [2.75, 3.05) is 0 Å². The maximum absolute atomic E-state index is 3.71. The van der Waals surface area contributed by atoms with Crippen molar-refractivity contribution in [3.05, 3.63) is 53.3 Å². The van der Waals surface area contributed by atoms with E-state index in [1.165, 1.54) is 51.4 Å². The zero-order valence-electron chi connectivity index (χ0n) is 16.5. The zero-order valence-corrected chi connectivity index (χ0v) is 21.4. The Morgan fingerprint density at radius 1 is 1.00 bits per heavy atom. The van der Waals surface area contributed by atoms with Crippen molar-refractivity contribution in [2.24, 2.45) is 0 Å². The third-order valence-electron chi connectivity index (χ3n) is 6.08. The van der Waals surface area contributed by atoms with Crippen LogP contribution in [0.1, 0.15) is 64.7 Å². The molecule has 27 heavy (non-hydrogen) atoms. The average molecular weight is 478 g/mol. The van der Waals surface area contributed by atoms with E-state index in [0.717, 1.165) is 12.0 Å². The molecule has 0 bridgehead atoms. The van der Waals surface area contributed by atoms with Crippen LogP contribution in [0, 0.1) is 6.08 Å². The van der Waals surface area contributed by atoms with E-state index < -0.39 is 8.07 Å². The van der Waals surface area contributed by atoms with E-state index in [1.807, 2.05) is 0 Å². The Morgan fingerprint density at radius 3 is 2.22 bits per heavy atom. The molecule has 0 spiro atoms. The first-order valence-electron chi connectivity index (χ1n) is 9.63. The Morgan fingerprint density at radius 2 is 1.63 bits per heavy atom. The molecule has 2 aliphatic carbocycles. The van der Waals surface area contributed by atoms with E-state index in [0.29, 0.717) is 0 Å². The topological polar surface area (TPSA) is 0 Å². The maximum Gasteiger partial charge on any atom is 4.00 e. The van der Waals surface area contributed by atoms with Crippen LogP contribution in [0.15, 0.2) is 47.2 Å². The molecule has 1 saturated carbocycles. The summed E-state index contributed by atoms with van der Waals surface area (Å²) in [5, 5.41) is 3.39. The van der Waals surface area contributed by atoms with Gasteiger partial charge in [0.05, 0.1) is 0 Å². The Balaban J connectivity index is 0. The summed E-state index contributed by atoms with van der Waals surface area (Å²) in [5.41, 5.74) is 2.50. The van der Waals surface area contributed by atoms with Gasteiger partial charge in [-0.15, -0.1) is 6.42 Å². The van der Waals surface area contributed by atoms with Gasteiger partial charge in [0.25, 0.3) is 0 Å².